The fraction of sp³-hybridized carbons (Fsp3) is 0.700. The third-order valence-electron chi connectivity index (χ3n) is 2.42. The molecule has 1 heterocycles. The molecule has 5 heteroatoms. The predicted octanol–water partition coefficient (Wildman–Crippen LogP) is 0.798. The Hall–Kier alpha value is -1.39. The molecule has 0 unspecified atom stereocenters. The topological polar surface area (TPSA) is 57.0 Å². The molecule has 1 fully saturated rings. The monoisotopic (exact) mass is 209 g/mol. The van der Waals surface area contributed by atoms with E-state index < -0.39 is 0 Å². The maximum absolute atomic E-state index is 11.3. The second kappa shape index (κ2) is 4.00. The summed E-state index contributed by atoms with van der Waals surface area (Å²) in [7, 11) is 1.81. The van der Waals surface area contributed by atoms with Gasteiger partial charge in [-0.2, -0.15) is 5.10 Å². The molecule has 2 rings (SSSR count). The molecule has 0 bridgehead atoms. The first-order valence-electron chi connectivity index (χ1n) is 5.26. The van der Waals surface area contributed by atoms with Crippen molar-refractivity contribution in [2.75, 3.05) is 6.61 Å². The number of nitrogens with zero attached hydrogens (tertiary/aromatic N) is 3. The van der Waals surface area contributed by atoms with Gasteiger partial charge >= 0.3 is 5.97 Å². The van der Waals surface area contributed by atoms with Gasteiger partial charge in [-0.15, -0.1) is 0 Å². The Morgan fingerprint density at radius 3 is 2.93 bits per heavy atom. The molecule has 0 amide bonds. The molecule has 82 valence electrons. The van der Waals surface area contributed by atoms with E-state index in [2.05, 4.69) is 10.1 Å². The lowest BCUT2D eigenvalue weighted by Gasteiger charge is -1.99. The molecule has 1 aromatic heterocycles. The Morgan fingerprint density at radius 1 is 1.60 bits per heavy atom. The summed E-state index contributed by atoms with van der Waals surface area (Å²) >= 11 is 0. The lowest BCUT2D eigenvalue weighted by Crippen LogP contribution is -2.11. The van der Waals surface area contributed by atoms with Crippen LogP contribution in [0.15, 0.2) is 0 Å². The molecule has 0 aromatic carbocycles. The van der Waals surface area contributed by atoms with Gasteiger partial charge < -0.3 is 4.74 Å². The van der Waals surface area contributed by atoms with Crippen molar-refractivity contribution in [3.63, 3.8) is 0 Å². The standard InChI is InChI=1S/C10H15N3O2/c1-3-15-9(14)6-8-11-10(7-4-5-7)12-13(8)2/h7H,3-6H2,1-2H3. The van der Waals surface area contributed by atoms with Gasteiger partial charge in [0.05, 0.1) is 6.61 Å². The van der Waals surface area contributed by atoms with Crippen molar-refractivity contribution in [3.05, 3.63) is 11.6 Å². The maximum Gasteiger partial charge on any atom is 0.313 e. The number of aryl methyl sites for hydroxylation is 1. The van der Waals surface area contributed by atoms with Gasteiger partial charge in [-0.1, -0.05) is 0 Å². The average Bonchev–Trinajstić information content (AvgIpc) is 2.94. The van der Waals surface area contributed by atoms with Crippen LogP contribution in [0.2, 0.25) is 0 Å². The third kappa shape index (κ3) is 2.34. The summed E-state index contributed by atoms with van der Waals surface area (Å²) in [5.74, 6) is 1.84. The number of carbonyl (C=O) groups is 1. The lowest BCUT2D eigenvalue weighted by atomic mass is 10.4. The summed E-state index contributed by atoms with van der Waals surface area (Å²) < 4.78 is 6.54. The fourth-order valence-electron chi connectivity index (χ4n) is 1.45. The highest BCUT2D eigenvalue weighted by atomic mass is 16.5. The summed E-state index contributed by atoms with van der Waals surface area (Å²) in [6.07, 6.45) is 2.55. The SMILES string of the molecule is CCOC(=O)Cc1nc(C2CC2)nn1C. The van der Waals surface area contributed by atoms with E-state index in [4.69, 9.17) is 4.74 Å². The molecular weight excluding hydrogens is 194 g/mol. The van der Waals surface area contributed by atoms with Crippen molar-refractivity contribution in [2.24, 2.45) is 7.05 Å². The first-order chi connectivity index (χ1) is 7.20. The van der Waals surface area contributed by atoms with E-state index in [0.29, 0.717) is 18.3 Å². The molecule has 0 aliphatic heterocycles. The van der Waals surface area contributed by atoms with Crippen molar-refractivity contribution < 1.29 is 9.53 Å². The van der Waals surface area contributed by atoms with Gasteiger partial charge in [-0.25, -0.2) is 4.98 Å². The van der Waals surface area contributed by atoms with Crippen LogP contribution in [0.3, 0.4) is 0 Å². The van der Waals surface area contributed by atoms with Gasteiger partial charge in [0.25, 0.3) is 0 Å². The van der Waals surface area contributed by atoms with Crippen LogP contribution in [-0.2, 0) is 23.0 Å². The highest BCUT2D eigenvalue weighted by Gasteiger charge is 2.28. The molecule has 5 nitrogen and oxygen atoms in total. The molecule has 15 heavy (non-hydrogen) atoms. The van der Waals surface area contributed by atoms with Gasteiger partial charge in [-0.3, -0.25) is 9.48 Å². The third-order valence-corrected chi connectivity index (χ3v) is 2.42. The normalized spacial score (nSPS) is 15.3. The van der Waals surface area contributed by atoms with Gasteiger partial charge in [0.2, 0.25) is 0 Å². The van der Waals surface area contributed by atoms with Crippen LogP contribution in [0.1, 0.15) is 37.3 Å². The van der Waals surface area contributed by atoms with Gasteiger partial charge in [0.1, 0.15) is 12.2 Å². The molecule has 0 N–H and O–H groups in total. The smallest absolute Gasteiger partial charge is 0.313 e. The van der Waals surface area contributed by atoms with Crippen LogP contribution >= 0.6 is 0 Å². The van der Waals surface area contributed by atoms with Crippen molar-refractivity contribution in [1.82, 2.24) is 14.8 Å². The second-order valence-corrected chi connectivity index (χ2v) is 3.77. The Bertz CT molecular complexity index is 369. The summed E-state index contributed by atoms with van der Waals surface area (Å²) in [5, 5.41) is 4.28. The zero-order chi connectivity index (χ0) is 10.8. The van der Waals surface area contributed by atoms with Crippen LogP contribution in [0.5, 0.6) is 0 Å². The molecular formula is C10H15N3O2. The number of hydrogen-bond acceptors (Lipinski definition) is 4. The highest BCUT2D eigenvalue weighted by Crippen LogP contribution is 2.37. The van der Waals surface area contributed by atoms with Crippen molar-refractivity contribution in [1.29, 1.82) is 0 Å². The largest absolute Gasteiger partial charge is 0.466 e. The molecule has 0 spiro atoms. The number of rotatable bonds is 4. The van der Waals surface area contributed by atoms with Crippen molar-refractivity contribution in [2.45, 2.75) is 32.1 Å². The molecule has 1 aliphatic rings. The van der Waals surface area contributed by atoms with E-state index >= 15 is 0 Å². The number of hydrogen-bond donors (Lipinski definition) is 0. The second-order valence-electron chi connectivity index (χ2n) is 3.77. The van der Waals surface area contributed by atoms with Crippen LogP contribution < -0.4 is 0 Å². The first kappa shape index (κ1) is 10.1. The number of carbonyl (C=O) groups excluding carboxylic acids is 1. The van der Waals surface area contributed by atoms with Crippen molar-refractivity contribution in [3.8, 4) is 0 Å². The summed E-state index contributed by atoms with van der Waals surface area (Å²) in [4.78, 5) is 15.6. The number of aromatic nitrogens is 3. The lowest BCUT2D eigenvalue weighted by molar-refractivity contribution is -0.142. The molecule has 1 aliphatic carbocycles. The van der Waals surface area contributed by atoms with Gasteiger partial charge in [-0.05, 0) is 19.8 Å². The molecule has 0 atom stereocenters. The quantitative estimate of drug-likeness (QED) is 0.688. The van der Waals surface area contributed by atoms with Crippen LogP contribution in [0.25, 0.3) is 0 Å². The fourth-order valence-corrected chi connectivity index (χ4v) is 1.45. The summed E-state index contributed by atoms with van der Waals surface area (Å²) in [6.45, 7) is 2.20. The van der Waals surface area contributed by atoms with E-state index in [9.17, 15) is 4.79 Å². The minimum Gasteiger partial charge on any atom is -0.466 e. The zero-order valence-corrected chi connectivity index (χ0v) is 9.06. The number of esters is 1. The minimum absolute atomic E-state index is 0.212. The molecule has 1 aromatic rings. The molecule has 0 radical (unpaired) electrons. The van der Waals surface area contributed by atoms with E-state index in [1.807, 2.05) is 7.05 Å². The van der Waals surface area contributed by atoms with Crippen LogP contribution in [0.4, 0.5) is 0 Å². The minimum atomic E-state index is -0.240. The Morgan fingerprint density at radius 2 is 2.33 bits per heavy atom. The first-order valence-corrected chi connectivity index (χ1v) is 5.26. The van der Waals surface area contributed by atoms with Gasteiger partial charge in [0, 0.05) is 13.0 Å². The van der Waals surface area contributed by atoms with Crippen molar-refractivity contribution >= 4 is 5.97 Å². The van der Waals surface area contributed by atoms with Gasteiger partial charge in [0.15, 0.2) is 5.82 Å². The van der Waals surface area contributed by atoms with E-state index in [1.54, 1.807) is 11.6 Å². The Kier molecular flexibility index (Phi) is 2.70. The summed E-state index contributed by atoms with van der Waals surface area (Å²) in [6, 6.07) is 0. The summed E-state index contributed by atoms with van der Waals surface area (Å²) in [5.41, 5.74) is 0. The molecule has 0 saturated heterocycles. The predicted molar refractivity (Wildman–Crippen MR) is 53.3 cm³/mol. The maximum atomic E-state index is 11.3. The zero-order valence-electron chi connectivity index (χ0n) is 9.06. The Balaban J connectivity index is 2.03. The Labute approximate surface area is 88.4 Å². The van der Waals surface area contributed by atoms with E-state index in [0.717, 1.165) is 5.82 Å². The van der Waals surface area contributed by atoms with Crippen LogP contribution in [0, 0.1) is 0 Å². The molecule has 1 saturated carbocycles. The number of ether oxygens (including phenoxy) is 1. The average molecular weight is 209 g/mol. The highest BCUT2D eigenvalue weighted by molar-refractivity contribution is 5.71. The van der Waals surface area contributed by atoms with E-state index in [-0.39, 0.29) is 12.4 Å². The van der Waals surface area contributed by atoms with E-state index in [1.165, 1.54) is 12.8 Å². The van der Waals surface area contributed by atoms with Crippen LogP contribution in [-0.4, -0.2) is 27.3 Å².